The maximum absolute atomic E-state index is 13.6. The summed E-state index contributed by atoms with van der Waals surface area (Å²) >= 11 is 0. The van der Waals surface area contributed by atoms with Gasteiger partial charge in [0.2, 0.25) is 5.91 Å². The molecule has 2 atom stereocenters. The normalized spacial score (nSPS) is 12.5. The predicted octanol–water partition coefficient (Wildman–Crippen LogP) is 3.17. The van der Waals surface area contributed by atoms with Crippen LogP contribution in [0.5, 0.6) is 0 Å². The molecule has 0 aliphatic heterocycles. The van der Waals surface area contributed by atoms with Gasteiger partial charge >= 0.3 is 0 Å². The molecule has 33 heavy (non-hydrogen) atoms. The SMILES string of the molecule is C[C@H](N)C(=O)CCCCC[C@H](N)C(=O)Nc1ccc(C#Cc2c(F)c(F)nc(F)c2F)cc1. The molecule has 0 saturated carbocycles. The van der Waals surface area contributed by atoms with Crippen molar-refractivity contribution in [3.8, 4) is 11.8 Å². The van der Waals surface area contributed by atoms with Crippen molar-refractivity contribution < 1.29 is 27.2 Å². The summed E-state index contributed by atoms with van der Waals surface area (Å²) in [6.07, 6.45) is 2.96. The maximum atomic E-state index is 13.6. The van der Waals surface area contributed by atoms with E-state index in [1.54, 1.807) is 6.92 Å². The van der Waals surface area contributed by atoms with Gasteiger partial charge in [0.15, 0.2) is 11.6 Å². The number of benzene rings is 1. The molecule has 0 bridgehead atoms. The van der Waals surface area contributed by atoms with Crippen LogP contribution in [0.25, 0.3) is 0 Å². The largest absolute Gasteiger partial charge is 0.325 e. The number of hydrogen-bond acceptors (Lipinski definition) is 5. The number of aromatic nitrogens is 1. The van der Waals surface area contributed by atoms with Gasteiger partial charge in [-0.1, -0.05) is 24.7 Å². The molecule has 10 heteroatoms. The summed E-state index contributed by atoms with van der Waals surface area (Å²) in [6, 6.07) is 4.68. The molecule has 2 aromatic rings. The standard InChI is InChI=1S/C23H24F4N4O2/c1-13(28)18(32)6-4-2-3-5-17(29)23(33)30-15-10-7-14(8-11-15)9-12-16-19(24)21(26)31-22(27)20(16)25/h7-8,10-11,13,17H,2-6,28-29H2,1H3,(H,30,33)/t13-,17-/m0/s1. The lowest BCUT2D eigenvalue weighted by molar-refractivity contribution is -0.120. The maximum Gasteiger partial charge on any atom is 0.253 e. The van der Waals surface area contributed by atoms with E-state index < -0.39 is 47.1 Å². The molecule has 176 valence electrons. The second-order valence-corrected chi connectivity index (χ2v) is 7.47. The second-order valence-electron chi connectivity index (χ2n) is 7.47. The first-order valence-electron chi connectivity index (χ1n) is 10.3. The lowest BCUT2D eigenvalue weighted by Crippen LogP contribution is -2.35. The zero-order chi connectivity index (χ0) is 24.5. The summed E-state index contributed by atoms with van der Waals surface area (Å²) in [5.41, 5.74) is 11.0. The molecule has 0 aliphatic rings. The molecule has 0 saturated heterocycles. The third kappa shape index (κ3) is 7.66. The van der Waals surface area contributed by atoms with Crippen LogP contribution in [0.15, 0.2) is 24.3 Å². The van der Waals surface area contributed by atoms with Gasteiger partial charge in [-0.3, -0.25) is 9.59 Å². The molecule has 1 amide bonds. The van der Waals surface area contributed by atoms with E-state index in [-0.39, 0.29) is 11.3 Å². The van der Waals surface area contributed by atoms with Crippen molar-refractivity contribution in [2.24, 2.45) is 11.5 Å². The zero-order valence-electron chi connectivity index (χ0n) is 17.9. The average Bonchev–Trinajstić information content (AvgIpc) is 2.78. The highest BCUT2D eigenvalue weighted by atomic mass is 19.2. The highest BCUT2D eigenvalue weighted by molar-refractivity contribution is 5.94. The number of nitrogens with one attached hydrogen (secondary N) is 1. The minimum absolute atomic E-state index is 0.000511. The van der Waals surface area contributed by atoms with Crippen molar-refractivity contribution in [2.45, 2.75) is 51.1 Å². The number of carbonyl (C=O) groups is 2. The van der Waals surface area contributed by atoms with Crippen LogP contribution in [-0.4, -0.2) is 28.8 Å². The van der Waals surface area contributed by atoms with Crippen LogP contribution in [0.4, 0.5) is 23.2 Å². The van der Waals surface area contributed by atoms with E-state index in [4.69, 9.17) is 11.5 Å². The first-order chi connectivity index (χ1) is 15.6. The number of anilines is 1. The Labute approximate surface area is 188 Å². The Morgan fingerprint density at radius 1 is 0.970 bits per heavy atom. The Hall–Kier alpha value is -3.29. The van der Waals surface area contributed by atoms with Crippen LogP contribution >= 0.6 is 0 Å². The second kappa shape index (κ2) is 12.1. The van der Waals surface area contributed by atoms with Crippen molar-refractivity contribution in [3.05, 3.63) is 58.9 Å². The molecule has 1 heterocycles. The summed E-state index contributed by atoms with van der Waals surface area (Å²) in [5, 5.41) is 2.64. The average molecular weight is 464 g/mol. The van der Waals surface area contributed by atoms with Gasteiger partial charge in [0, 0.05) is 17.7 Å². The fraction of sp³-hybridized carbons (Fsp3) is 0.348. The summed E-state index contributed by atoms with van der Waals surface area (Å²) in [4.78, 5) is 26.1. The van der Waals surface area contributed by atoms with Crippen LogP contribution in [0.3, 0.4) is 0 Å². The molecule has 0 radical (unpaired) electrons. The number of halogens is 4. The Kier molecular flexibility index (Phi) is 9.51. The van der Waals surface area contributed by atoms with Crippen LogP contribution in [0, 0.1) is 35.4 Å². The first kappa shape index (κ1) is 26.0. The molecule has 2 rings (SSSR count). The number of nitrogens with zero attached hydrogens (tertiary/aromatic N) is 1. The smallest absolute Gasteiger partial charge is 0.253 e. The lowest BCUT2D eigenvalue weighted by atomic mass is 10.0. The number of pyridine rings is 1. The van der Waals surface area contributed by atoms with Crippen LogP contribution in [-0.2, 0) is 9.59 Å². The van der Waals surface area contributed by atoms with Gasteiger partial charge in [-0.15, -0.1) is 0 Å². The lowest BCUT2D eigenvalue weighted by Gasteiger charge is -2.12. The minimum Gasteiger partial charge on any atom is -0.325 e. The monoisotopic (exact) mass is 464 g/mol. The number of hydrogen-bond donors (Lipinski definition) is 3. The van der Waals surface area contributed by atoms with Gasteiger partial charge < -0.3 is 16.8 Å². The van der Waals surface area contributed by atoms with E-state index in [2.05, 4.69) is 16.2 Å². The van der Waals surface area contributed by atoms with E-state index >= 15 is 0 Å². The van der Waals surface area contributed by atoms with Crippen LogP contribution in [0.2, 0.25) is 0 Å². The molecule has 0 unspecified atom stereocenters. The number of ketones is 1. The summed E-state index contributed by atoms with van der Waals surface area (Å²) in [6.45, 7) is 1.64. The van der Waals surface area contributed by atoms with Crippen molar-refractivity contribution in [2.75, 3.05) is 5.32 Å². The molecular weight excluding hydrogens is 440 g/mol. The molecule has 0 fully saturated rings. The molecule has 1 aromatic carbocycles. The van der Waals surface area contributed by atoms with Gasteiger partial charge in [-0.2, -0.15) is 13.8 Å². The van der Waals surface area contributed by atoms with Gasteiger partial charge in [0.05, 0.1) is 12.1 Å². The quantitative estimate of drug-likeness (QED) is 0.229. The molecule has 0 spiro atoms. The van der Waals surface area contributed by atoms with Gasteiger partial charge in [0.25, 0.3) is 11.9 Å². The highest BCUT2D eigenvalue weighted by Gasteiger charge is 2.19. The van der Waals surface area contributed by atoms with Crippen molar-refractivity contribution in [3.63, 3.8) is 0 Å². The molecule has 5 N–H and O–H groups in total. The first-order valence-corrected chi connectivity index (χ1v) is 10.3. The van der Waals surface area contributed by atoms with Crippen LogP contribution in [0.1, 0.15) is 50.2 Å². The van der Waals surface area contributed by atoms with Gasteiger partial charge in [-0.25, -0.2) is 8.78 Å². The Morgan fingerprint density at radius 3 is 2.15 bits per heavy atom. The van der Waals surface area contributed by atoms with E-state index in [1.165, 1.54) is 24.3 Å². The fourth-order valence-corrected chi connectivity index (χ4v) is 2.80. The highest BCUT2D eigenvalue weighted by Crippen LogP contribution is 2.16. The van der Waals surface area contributed by atoms with E-state index in [1.807, 2.05) is 5.92 Å². The number of Topliss-reactive ketones (excluding diaryl/α,β-unsaturated/α-hetero) is 1. The summed E-state index contributed by atoms with van der Waals surface area (Å²) in [7, 11) is 0. The van der Waals surface area contributed by atoms with Crippen molar-refractivity contribution in [1.29, 1.82) is 0 Å². The summed E-state index contributed by atoms with van der Waals surface area (Å²) in [5.74, 6) is -2.89. The van der Waals surface area contributed by atoms with Gasteiger partial charge in [-0.05, 0) is 44.0 Å². The molecule has 1 aromatic heterocycles. The van der Waals surface area contributed by atoms with E-state index in [0.717, 1.165) is 6.42 Å². The van der Waals surface area contributed by atoms with Crippen molar-refractivity contribution >= 4 is 17.4 Å². The number of amides is 1. The summed E-state index contributed by atoms with van der Waals surface area (Å²) < 4.78 is 53.5. The molecule has 0 aliphatic carbocycles. The van der Waals surface area contributed by atoms with E-state index in [9.17, 15) is 27.2 Å². The number of nitrogens with two attached hydrogens (primary N) is 2. The topological polar surface area (TPSA) is 111 Å². The number of carbonyl (C=O) groups excluding carboxylic acids is 2. The Morgan fingerprint density at radius 2 is 1.58 bits per heavy atom. The third-order valence-electron chi connectivity index (χ3n) is 4.76. The third-order valence-corrected chi connectivity index (χ3v) is 4.76. The molecule has 6 nitrogen and oxygen atoms in total. The van der Waals surface area contributed by atoms with E-state index in [0.29, 0.717) is 31.4 Å². The predicted molar refractivity (Wildman–Crippen MR) is 115 cm³/mol. The molecular formula is C23H24F4N4O2. The van der Waals surface area contributed by atoms with Crippen LogP contribution < -0.4 is 16.8 Å². The van der Waals surface area contributed by atoms with Gasteiger partial charge in [0.1, 0.15) is 11.3 Å². The number of rotatable bonds is 9. The Balaban J connectivity index is 1.88. The minimum atomic E-state index is -1.79. The number of unbranched alkanes of at least 4 members (excludes halogenated alkanes) is 2. The van der Waals surface area contributed by atoms with Crippen molar-refractivity contribution in [1.82, 2.24) is 4.98 Å². The fourth-order valence-electron chi connectivity index (χ4n) is 2.80. The zero-order valence-corrected chi connectivity index (χ0v) is 17.9. The Bertz CT molecular complexity index is 1040.